The van der Waals surface area contributed by atoms with Crippen LogP contribution in [-0.2, 0) is 6.42 Å². The zero-order chi connectivity index (χ0) is 15.2. The van der Waals surface area contributed by atoms with Crippen molar-refractivity contribution in [3.05, 3.63) is 70.3 Å². The highest BCUT2D eigenvalue weighted by Gasteiger charge is 2.11. The fraction of sp³-hybridized carbons (Fsp3) is 0.400. The van der Waals surface area contributed by atoms with Crippen molar-refractivity contribution in [2.75, 3.05) is 6.54 Å². The van der Waals surface area contributed by atoms with Crippen LogP contribution in [0.2, 0.25) is 0 Å². The Hall–Kier alpha value is -1.60. The molecule has 0 heterocycles. The van der Waals surface area contributed by atoms with Gasteiger partial charge < -0.3 is 5.32 Å². The van der Waals surface area contributed by atoms with E-state index < -0.39 is 0 Å². The molecule has 0 aliphatic rings. The Morgan fingerprint density at radius 3 is 2.33 bits per heavy atom. The Kier molecular flexibility index (Phi) is 5.58. The van der Waals surface area contributed by atoms with Gasteiger partial charge in [0.15, 0.2) is 0 Å². The molecule has 0 fully saturated rings. The van der Waals surface area contributed by atoms with Crippen molar-refractivity contribution in [3.8, 4) is 0 Å². The van der Waals surface area contributed by atoms with Crippen LogP contribution < -0.4 is 5.32 Å². The van der Waals surface area contributed by atoms with Crippen LogP contribution >= 0.6 is 0 Å². The van der Waals surface area contributed by atoms with Gasteiger partial charge in [0.2, 0.25) is 0 Å². The summed E-state index contributed by atoms with van der Waals surface area (Å²) in [5.41, 5.74) is 7.02. The number of rotatable bonds is 6. The van der Waals surface area contributed by atoms with E-state index in [-0.39, 0.29) is 0 Å². The third kappa shape index (κ3) is 4.18. The molecule has 2 aromatic rings. The maximum Gasteiger partial charge on any atom is 0.0323 e. The van der Waals surface area contributed by atoms with Crippen LogP contribution in [0.1, 0.15) is 47.2 Å². The van der Waals surface area contributed by atoms with E-state index in [2.05, 4.69) is 75.5 Å². The van der Waals surface area contributed by atoms with Gasteiger partial charge in [0.1, 0.15) is 0 Å². The molecule has 0 spiro atoms. The smallest absolute Gasteiger partial charge is 0.0323 e. The molecule has 0 aliphatic carbocycles. The van der Waals surface area contributed by atoms with Crippen molar-refractivity contribution >= 4 is 0 Å². The summed E-state index contributed by atoms with van der Waals surface area (Å²) in [6.07, 6.45) is 2.26. The fourth-order valence-corrected chi connectivity index (χ4v) is 2.80. The molecule has 0 saturated carbocycles. The van der Waals surface area contributed by atoms with E-state index in [4.69, 9.17) is 0 Å². The van der Waals surface area contributed by atoms with E-state index in [0.29, 0.717) is 6.04 Å². The van der Waals surface area contributed by atoms with Crippen LogP contribution in [0.3, 0.4) is 0 Å². The molecular formula is C20H27N. The van der Waals surface area contributed by atoms with E-state index >= 15 is 0 Å². The molecule has 1 atom stereocenters. The van der Waals surface area contributed by atoms with Crippen LogP contribution in [0.4, 0.5) is 0 Å². The van der Waals surface area contributed by atoms with Gasteiger partial charge in [0, 0.05) is 6.04 Å². The normalized spacial score (nSPS) is 12.4. The van der Waals surface area contributed by atoms with E-state index in [1.165, 1.54) is 27.8 Å². The van der Waals surface area contributed by atoms with Gasteiger partial charge in [-0.3, -0.25) is 0 Å². The molecule has 0 amide bonds. The lowest BCUT2D eigenvalue weighted by molar-refractivity contribution is 0.514. The van der Waals surface area contributed by atoms with Crippen molar-refractivity contribution in [3.63, 3.8) is 0 Å². The summed E-state index contributed by atoms with van der Waals surface area (Å²) in [6, 6.07) is 16.0. The van der Waals surface area contributed by atoms with Crippen LogP contribution in [0.15, 0.2) is 42.5 Å². The highest BCUT2D eigenvalue weighted by Crippen LogP contribution is 2.22. The highest BCUT2D eigenvalue weighted by molar-refractivity contribution is 5.32. The van der Waals surface area contributed by atoms with E-state index in [1.807, 2.05) is 0 Å². The third-order valence-corrected chi connectivity index (χ3v) is 4.35. The molecule has 0 aromatic heterocycles. The summed E-state index contributed by atoms with van der Waals surface area (Å²) >= 11 is 0. The first-order valence-electron chi connectivity index (χ1n) is 7.97. The SMILES string of the molecule is CCNC(CCc1ccccc1C)c1ccc(C)c(C)c1. The van der Waals surface area contributed by atoms with Crippen LogP contribution in [0.25, 0.3) is 0 Å². The summed E-state index contributed by atoms with van der Waals surface area (Å²) in [7, 11) is 0. The second kappa shape index (κ2) is 7.42. The molecule has 0 aliphatic heterocycles. The molecule has 2 rings (SSSR count). The largest absolute Gasteiger partial charge is 0.310 e. The number of hydrogen-bond acceptors (Lipinski definition) is 1. The first-order valence-corrected chi connectivity index (χ1v) is 7.97. The quantitative estimate of drug-likeness (QED) is 0.794. The van der Waals surface area contributed by atoms with Crippen LogP contribution in [-0.4, -0.2) is 6.54 Å². The third-order valence-electron chi connectivity index (χ3n) is 4.35. The molecular weight excluding hydrogens is 254 g/mol. The van der Waals surface area contributed by atoms with E-state index in [0.717, 1.165) is 19.4 Å². The van der Waals surface area contributed by atoms with Gasteiger partial charge in [0.05, 0.1) is 0 Å². The second-order valence-electron chi connectivity index (χ2n) is 5.92. The summed E-state index contributed by atoms with van der Waals surface area (Å²) in [5, 5.41) is 3.64. The van der Waals surface area contributed by atoms with Crippen molar-refractivity contribution in [1.29, 1.82) is 0 Å². The summed E-state index contributed by atoms with van der Waals surface area (Å²) < 4.78 is 0. The monoisotopic (exact) mass is 281 g/mol. The van der Waals surface area contributed by atoms with Crippen molar-refractivity contribution < 1.29 is 0 Å². The highest BCUT2D eigenvalue weighted by atomic mass is 14.9. The van der Waals surface area contributed by atoms with Crippen molar-refractivity contribution in [1.82, 2.24) is 5.32 Å². The van der Waals surface area contributed by atoms with E-state index in [9.17, 15) is 0 Å². The maximum atomic E-state index is 3.64. The van der Waals surface area contributed by atoms with Gasteiger partial charge in [-0.05, 0) is 68.0 Å². The molecule has 1 unspecified atom stereocenters. The lowest BCUT2D eigenvalue weighted by Crippen LogP contribution is -2.21. The predicted octanol–water partition coefficient (Wildman–Crippen LogP) is 4.90. The summed E-state index contributed by atoms with van der Waals surface area (Å²) in [5.74, 6) is 0. The minimum absolute atomic E-state index is 0.439. The van der Waals surface area contributed by atoms with Crippen molar-refractivity contribution in [2.45, 2.75) is 46.6 Å². The molecule has 21 heavy (non-hydrogen) atoms. The zero-order valence-corrected chi connectivity index (χ0v) is 13.7. The van der Waals surface area contributed by atoms with Gasteiger partial charge in [0.25, 0.3) is 0 Å². The molecule has 0 saturated heterocycles. The Bertz CT molecular complexity index is 586. The first kappa shape index (κ1) is 15.8. The molecule has 0 bridgehead atoms. The molecule has 1 N–H and O–H groups in total. The fourth-order valence-electron chi connectivity index (χ4n) is 2.80. The van der Waals surface area contributed by atoms with Crippen LogP contribution in [0.5, 0.6) is 0 Å². The lowest BCUT2D eigenvalue weighted by atomic mass is 9.95. The molecule has 1 heteroatoms. The Labute approximate surface area is 129 Å². The molecule has 112 valence electrons. The standard InChI is InChI=1S/C20H27N/c1-5-21-20(19-11-10-15(2)17(4)14-19)13-12-18-9-7-6-8-16(18)3/h6-11,14,20-21H,5,12-13H2,1-4H3. The predicted molar refractivity (Wildman–Crippen MR) is 91.8 cm³/mol. The molecule has 1 nitrogen and oxygen atoms in total. The first-order chi connectivity index (χ1) is 10.1. The Morgan fingerprint density at radius 2 is 1.67 bits per heavy atom. The topological polar surface area (TPSA) is 12.0 Å². The number of hydrogen-bond donors (Lipinski definition) is 1. The van der Waals surface area contributed by atoms with Gasteiger partial charge in [-0.15, -0.1) is 0 Å². The Morgan fingerprint density at radius 1 is 0.905 bits per heavy atom. The van der Waals surface area contributed by atoms with Gasteiger partial charge in [-0.25, -0.2) is 0 Å². The van der Waals surface area contributed by atoms with Gasteiger partial charge in [-0.1, -0.05) is 49.4 Å². The van der Waals surface area contributed by atoms with Gasteiger partial charge in [-0.2, -0.15) is 0 Å². The number of benzene rings is 2. The maximum absolute atomic E-state index is 3.64. The number of aryl methyl sites for hydroxylation is 4. The minimum atomic E-state index is 0.439. The molecule has 2 aromatic carbocycles. The number of nitrogens with one attached hydrogen (secondary N) is 1. The minimum Gasteiger partial charge on any atom is -0.310 e. The summed E-state index contributed by atoms with van der Waals surface area (Å²) in [6.45, 7) is 9.76. The van der Waals surface area contributed by atoms with Crippen molar-refractivity contribution in [2.24, 2.45) is 0 Å². The summed E-state index contributed by atoms with van der Waals surface area (Å²) in [4.78, 5) is 0. The average Bonchev–Trinajstić information content (AvgIpc) is 2.48. The van der Waals surface area contributed by atoms with Gasteiger partial charge >= 0.3 is 0 Å². The second-order valence-corrected chi connectivity index (χ2v) is 5.92. The zero-order valence-electron chi connectivity index (χ0n) is 13.7. The average molecular weight is 281 g/mol. The van der Waals surface area contributed by atoms with E-state index in [1.54, 1.807) is 0 Å². The van der Waals surface area contributed by atoms with Crippen LogP contribution in [0, 0.1) is 20.8 Å². The molecule has 0 radical (unpaired) electrons. The Balaban J connectivity index is 2.12. The lowest BCUT2D eigenvalue weighted by Gasteiger charge is -2.20.